The molecule has 0 fully saturated rings. The highest BCUT2D eigenvalue weighted by molar-refractivity contribution is 5.73. The molecule has 0 saturated heterocycles. The van der Waals surface area contributed by atoms with E-state index in [1.165, 1.54) is 6.20 Å². The number of hydrogen-bond donors (Lipinski definition) is 1. The largest absolute Gasteiger partial charge is 0.370 e. The Morgan fingerprint density at radius 3 is 2.85 bits per heavy atom. The number of carbonyl (C=O) groups excluding carboxylic acids is 1. The molecule has 1 aromatic rings. The fourth-order valence-electron chi connectivity index (χ4n) is 0.890. The Morgan fingerprint density at radius 1 is 1.62 bits per heavy atom. The molecule has 0 aliphatic carbocycles. The maximum atomic E-state index is 10.4. The van der Waals surface area contributed by atoms with E-state index in [9.17, 15) is 4.79 Å². The second kappa shape index (κ2) is 4.21. The van der Waals surface area contributed by atoms with Gasteiger partial charge in [0.2, 0.25) is 5.91 Å². The molecule has 0 atom stereocenters. The smallest absolute Gasteiger partial charge is 0.217 e. The molecule has 13 heavy (non-hydrogen) atoms. The normalized spacial score (nSPS) is 9.15. The predicted octanol–water partition coefficient (Wildman–Crippen LogP) is 0.371. The summed E-state index contributed by atoms with van der Waals surface area (Å²) in [5.74, 6) is -0.342. The molecular weight excluding hydrogens is 166 g/mol. The van der Waals surface area contributed by atoms with E-state index in [0.717, 1.165) is 5.69 Å². The van der Waals surface area contributed by atoms with E-state index in [0.29, 0.717) is 18.4 Å². The Hall–Kier alpha value is -1.89. The Kier molecular flexibility index (Phi) is 2.98. The van der Waals surface area contributed by atoms with E-state index in [2.05, 4.69) is 4.98 Å². The molecular formula is C9H9N3O. The Morgan fingerprint density at radius 2 is 2.38 bits per heavy atom. The molecule has 0 bridgehead atoms. The van der Waals surface area contributed by atoms with Crippen molar-refractivity contribution in [3.63, 3.8) is 0 Å². The van der Waals surface area contributed by atoms with Crippen molar-refractivity contribution in [2.45, 2.75) is 12.8 Å². The number of nitriles is 1. The number of aromatic nitrogens is 1. The Bertz CT molecular complexity index is 337. The minimum Gasteiger partial charge on any atom is -0.370 e. The van der Waals surface area contributed by atoms with Crippen LogP contribution in [0.25, 0.3) is 0 Å². The van der Waals surface area contributed by atoms with E-state index in [1.807, 2.05) is 6.07 Å². The van der Waals surface area contributed by atoms with Crippen LogP contribution in [0.15, 0.2) is 18.3 Å². The fraction of sp³-hybridized carbons (Fsp3) is 0.222. The average Bonchev–Trinajstić information content (AvgIpc) is 2.15. The second-order valence-corrected chi connectivity index (χ2v) is 2.62. The number of carbonyl (C=O) groups is 1. The third kappa shape index (κ3) is 2.91. The van der Waals surface area contributed by atoms with Gasteiger partial charge < -0.3 is 5.73 Å². The van der Waals surface area contributed by atoms with Crippen LogP contribution in [0.1, 0.15) is 17.7 Å². The lowest BCUT2D eigenvalue weighted by molar-refractivity contribution is -0.118. The van der Waals surface area contributed by atoms with Crippen LogP contribution >= 0.6 is 0 Å². The SMILES string of the molecule is N#Cc1ccc(CCC(N)=O)nc1. The van der Waals surface area contributed by atoms with Crippen LogP contribution in [0.4, 0.5) is 0 Å². The lowest BCUT2D eigenvalue weighted by atomic mass is 10.2. The summed E-state index contributed by atoms with van der Waals surface area (Å²) < 4.78 is 0. The molecule has 4 heteroatoms. The van der Waals surface area contributed by atoms with E-state index in [-0.39, 0.29) is 5.91 Å². The van der Waals surface area contributed by atoms with Crippen molar-refractivity contribution in [1.82, 2.24) is 4.98 Å². The summed E-state index contributed by atoms with van der Waals surface area (Å²) in [7, 11) is 0. The number of nitrogens with two attached hydrogens (primary N) is 1. The Balaban J connectivity index is 2.60. The molecule has 1 amide bonds. The molecule has 1 rings (SSSR count). The Labute approximate surface area is 76.0 Å². The highest BCUT2D eigenvalue weighted by Crippen LogP contribution is 2.01. The molecule has 0 aromatic carbocycles. The van der Waals surface area contributed by atoms with E-state index in [1.54, 1.807) is 12.1 Å². The second-order valence-electron chi connectivity index (χ2n) is 2.62. The maximum absolute atomic E-state index is 10.4. The van der Waals surface area contributed by atoms with Crippen molar-refractivity contribution >= 4 is 5.91 Å². The monoisotopic (exact) mass is 175 g/mol. The maximum Gasteiger partial charge on any atom is 0.217 e. The summed E-state index contributed by atoms with van der Waals surface area (Å²) in [6, 6.07) is 5.36. The lowest BCUT2D eigenvalue weighted by Gasteiger charge is -1.96. The number of amides is 1. The molecule has 0 saturated carbocycles. The summed E-state index contributed by atoms with van der Waals surface area (Å²) in [6.45, 7) is 0. The number of nitrogens with zero attached hydrogens (tertiary/aromatic N) is 2. The van der Waals surface area contributed by atoms with Crippen LogP contribution in [0, 0.1) is 11.3 Å². The van der Waals surface area contributed by atoms with Gasteiger partial charge in [-0.15, -0.1) is 0 Å². The molecule has 0 unspecified atom stereocenters. The van der Waals surface area contributed by atoms with Crippen molar-refractivity contribution in [2.24, 2.45) is 5.73 Å². The average molecular weight is 175 g/mol. The standard InChI is InChI=1S/C9H9N3O/c10-5-7-1-2-8(12-6-7)3-4-9(11)13/h1-2,6H,3-4H2,(H2,11,13). The number of aryl methyl sites for hydroxylation is 1. The van der Waals surface area contributed by atoms with Crippen molar-refractivity contribution in [3.05, 3.63) is 29.6 Å². The van der Waals surface area contributed by atoms with Gasteiger partial charge in [-0.25, -0.2) is 0 Å². The molecule has 0 radical (unpaired) electrons. The minimum atomic E-state index is -0.342. The fourth-order valence-corrected chi connectivity index (χ4v) is 0.890. The highest BCUT2D eigenvalue weighted by Gasteiger charge is 1.98. The predicted molar refractivity (Wildman–Crippen MR) is 46.5 cm³/mol. The first kappa shape index (κ1) is 9.20. The van der Waals surface area contributed by atoms with Crippen molar-refractivity contribution in [2.75, 3.05) is 0 Å². The van der Waals surface area contributed by atoms with Gasteiger partial charge in [0.05, 0.1) is 5.56 Å². The van der Waals surface area contributed by atoms with Crippen LogP contribution in [-0.4, -0.2) is 10.9 Å². The van der Waals surface area contributed by atoms with E-state index >= 15 is 0 Å². The van der Waals surface area contributed by atoms with Gasteiger partial charge >= 0.3 is 0 Å². The van der Waals surface area contributed by atoms with Gasteiger partial charge in [0.25, 0.3) is 0 Å². The van der Waals surface area contributed by atoms with Gasteiger partial charge in [-0.3, -0.25) is 9.78 Å². The van der Waals surface area contributed by atoms with Crippen LogP contribution < -0.4 is 5.73 Å². The molecule has 1 heterocycles. The summed E-state index contributed by atoms with van der Waals surface area (Å²) in [6.07, 6.45) is 2.30. The van der Waals surface area contributed by atoms with Crippen LogP contribution in [0.2, 0.25) is 0 Å². The first-order valence-corrected chi connectivity index (χ1v) is 3.85. The summed E-state index contributed by atoms with van der Waals surface area (Å²) in [5.41, 5.74) is 6.27. The van der Waals surface area contributed by atoms with Gasteiger partial charge in [0.15, 0.2) is 0 Å². The van der Waals surface area contributed by atoms with Crippen LogP contribution in [0.5, 0.6) is 0 Å². The molecule has 66 valence electrons. The van der Waals surface area contributed by atoms with Crippen LogP contribution in [-0.2, 0) is 11.2 Å². The highest BCUT2D eigenvalue weighted by atomic mass is 16.1. The van der Waals surface area contributed by atoms with Crippen molar-refractivity contribution in [1.29, 1.82) is 5.26 Å². The first-order valence-electron chi connectivity index (χ1n) is 3.85. The van der Waals surface area contributed by atoms with Crippen molar-refractivity contribution < 1.29 is 4.79 Å². The number of rotatable bonds is 3. The summed E-state index contributed by atoms with van der Waals surface area (Å²) in [4.78, 5) is 14.4. The molecule has 2 N–H and O–H groups in total. The van der Waals surface area contributed by atoms with Gasteiger partial charge in [0, 0.05) is 18.3 Å². The molecule has 0 aliphatic rings. The van der Waals surface area contributed by atoms with Gasteiger partial charge in [-0.2, -0.15) is 5.26 Å². The van der Waals surface area contributed by atoms with Crippen molar-refractivity contribution in [3.8, 4) is 6.07 Å². The van der Waals surface area contributed by atoms with E-state index < -0.39 is 0 Å². The molecule has 0 aliphatic heterocycles. The summed E-state index contributed by atoms with van der Waals surface area (Å²) >= 11 is 0. The van der Waals surface area contributed by atoms with Gasteiger partial charge in [0.1, 0.15) is 6.07 Å². The van der Waals surface area contributed by atoms with Gasteiger partial charge in [-0.1, -0.05) is 0 Å². The minimum absolute atomic E-state index is 0.291. The molecule has 0 spiro atoms. The third-order valence-electron chi connectivity index (χ3n) is 1.58. The van der Waals surface area contributed by atoms with E-state index in [4.69, 9.17) is 11.0 Å². The number of primary amides is 1. The van der Waals surface area contributed by atoms with Gasteiger partial charge in [-0.05, 0) is 18.6 Å². The number of pyridine rings is 1. The van der Waals surface area contributed by atoms with Crippen LogP contribution in [0.3, 0.4) is 0 Å². The first-order chi connectivity index (χ1) is 6.22. The zero-order chi connectivity index (χ0) is 9.68. The molecule has 4 nitrogen and oxygen atoms in total. The quantitative estimate of drug-likeness (QED) is 0.720. The summed E-state index contributed by atoms with van der Waals surface area (Å²) in [5, 5.41) is 8.48. The zero-order valence-corrected chi connectivity index (χ0v) is 7.03. The zero-order valence-electron chi connectivity index (χ0n) is 7.03. The topological polar surface area (TPSA) is 79.8 Å². The molecule has 1 aromatic heterocycles. The lowest BCUT2D eigenvalue weighted by Crippen LogP contribution is -2.11. The number of hydrogen-bond acceptors (Lipinski definition) is 3. The third-order valence-corrected chi connectivity index (χ3v) is 1.58.